The van der Waals surface area contributed by atoms with Crippen LogP contribution in [0.1, 0.15) is 74.4 Å². The molecule has 0 aliphatic heterocycles. The van der Waals surface area contributed by atoms with E-state index in [0.717, 1.165) is 16.7 Å². The quantitative estimate of drug-likeness (QED) is 0.738. The SMILES string of the molecule is C[C@@H](NC(=O)c1cc(C2CC2)n(C(C)(C)C)n1)c1cc2ccccc2o1. The molecule has 4 rings (SSSR count). The normalized spacial score (nSPS) is 16.0. The highest BCUT2D eigenvalue weighted by molar-refractivity contribution is 5.92. The van der Waals surface area contributed by atoms with Gasteiger partial charge in [-0.3, -0.25) is 9.48 Å². The molecular weight excluding hydrogens is 326 g/mol. The number of fused-ring (bicyclic) bond motifs is 1. The number of amides is 1. The van der Waals surface area contributed by atoms with Gasteiger partial charge in [-0.2, -0.15) is 5.10 Å². The minimum Gasteiger partial charge on any atom is -0.459 e. The van der Waals surface area contributed by atoms with Gasteiger partial charge in [-0.05, 0) is 58.7 Å². The van der Waals surface area contributed by atoms with Crippen LogP contribution in [0.2, 0.25) is 0 Å². The Morgan fingerprint density at radius 3 is 2.65 bits per heavy atom. The first-order chi connectivity index (χ1) is 12.3. The van der Waals surface area contributed by atoms with Gasteiger partial charge in [0.05, 0.1) is 11.6 Å². The van der Waals surface area contributed by atoms with Crippen molar-refractivity contribution in [2.75, 3.05) is 0 Å². The van der Waals surface area contributed by atoms with Gasteiger partial charge < -0.3 is 9.73 Å². The highest BCUT2D eigenvalue weighted by Crippen LogP contribution is 2.41. The molecule has 1 saturated carbocycles. The molecule has 1 aliphatic carbocycles. The molecule has 2 aromatic heterocycles. The van der Waals surface area contributed by atoms with E-state index in [4.69, 9.17) is 4.42 Å². The van der Waals surface area contributed by atoms with Gasteiger partial charge in [-0.15, -0.1) is 0 Å². The number of nitrogens with zero attached hydrogens (tertiary/aromatic N) is 2. The molecule has 0 unspecified atom stereocenters. The third kappa shape index (κ3) is 3.14. The zero-order valence-electron chi connectivity index (χ0n) is 15.7. The third-order valence-electron chi connectivity index (χ3n) is 4.82. The Kier molecular flexibility index (Phi) is 3.90. The van der Waals surface area contributed by atoms with Crippen LogP contribution < -0.4 is 5.32 Å². The van der Waals surface area contributed by atoms with Gasteiger partial charge in [-0.25, -0.2) is 0 Å². The molecule has 1 amide bonds. The fourth-order valence-electron chi connectivity index (χ4n) is 3.27. The maximum absolute atomic E-state index is 12.8. The van der Waals surface area contributed by atoms with E-state index in [1.807, 2.05) is 48.0 Å². The maximum Gasteiger partial charge on any atom is 0.272 e. The van der Waals surface area contributed by atoms with Crippen LogP contribution in [-0.4, -0.2) is 15.7 Å². The number of carbonyl (C=O) groups is 1. The van der Waals surface area contributed by atoms with Crippen LogP contribution in [0.3, 0.4) is 0 Å². The molecule has 0 saturated heterocycles. The Hall–Kier alpha value is -2.56. The summed E-state index contributed by atoms with van der Waals surface area (Å²) >= 11 is 0. The minimum absolute atomic E-state index is 0.138. The molecule has 26 heavy (non-hydrogen) atoms. The number of hydrogen-bond acceptors (Lipinski definition) is 3. The summed E-state index contributed by atoms with van der Waals surface area (Å²) in [7, 11) is 0. The van der Waals surface area contributed by atoms with Crippen LogP contribution in [0.15, 0.2) is 40.8 Å². The molecular formula is C21H25N3O2. The number of aromatic nitrogens is 2. The Morgan fingerprint density at radius 1 is 1.27 bits per heavy atom. The monoisotopic (exact) mass is 351 g/mol. The predicted octanol–water partition coefficient (Wildman–Crippen LogP) is 4.75. The molecule has 1 fully saturated rings. The van der Waals surface area contributed by atoms with Crippen LogP contribution in [0, 0.1) is 0 Å². The number of para-hydroxylation sites is 1. The smallest absolute Gasteiger partial charge is 0.272 e. The second-order valence-electron chi connectivity index (χ2n) is 8.19. The lowest BCUT2D eigenvalue weighted by Crippen LogP contribution is -2.28. The maximum atomic E-state index is 12.8. The highest BCUT2D eigenvalue weighted by atomic mass is 16.3. The van der Waals surface area contributed by atoms with E-state index in [9.17, 15) is 4.79 Å². The molecule has 3 aromatic rings. The van der Waals surface area contributed by atoms with Gasteiger partial charge in [0.15, 0.2) is 0 Å². The second-order valence-corrected chi connectivity index (χ2v) is 8.19. The van der Waals surface area contributed by atoms with E-state index < -0.39 is 0 Å². The molecule has 5 heteroatoms. The average molecular weight is 351 g/mol. The lowest BCUT2D eigenvalue weighted by Gasteiger charge is -2.22. The topological polar surface area (TPSA) is 60.1 Å². The van der Waals surface area contributed by atoms with Crippen molar-refractivity contribution in [3.8, 4) is 0 Å². The van der Waals surface area contributed by atoms with Crippen molar-refractivity contribution in [3.63, 3.8) is 0 Å². The van der Waals surface area contributed by atoms with E-state index in [0.29, 0.717) is 11.6 Å². The van der Waals surface area contributed by atoms with E-state index in [-0.39, 0.29) is 17.5 Å². The van der Waals surface area contributed by atoms with Crippen molar-refractivity contribution in [1.82, 2.24) is 15.1 Å². The fourth-order valence-corrected chi connectivity index (χ4v) is 3.27. The zero-order chi connectivity index (χ0) is 18.5. The third-order valence-corrected chi connectivity index (χ3v) is 4.82. The van der Waals surface area contributed by atoms with Crippen molar-refractivity contribution in [1.29, 1.82) is 0 Å². The molecule has 1 aromatic carbocycles. The molecule has 0 radical (unpaired) electrons. The van der Waals surface area contributed by atoms with E-state index in [1.54, 1.807) is 0 Å². The summed E-state index contributed by atoms with van der Waals surface area (Å²) in [4.78, 5) is 12.8. The van der Waals surface area contributed by atoms with Crippen LogP contribution in [-0.2, 0) is 5.54 Å². The Balaban J connectivity index is 1.56. The summed E-state index contributed by atoms with van der Waals surface area (Å²) in [6, 6.07) is 11.6. The van der Waals surface area contributed by atoms with Crippen molar-refractivity contribution < 1.29 is 9.21 Å². The van der Waals surface area contributed by atoms with Crippen molar-refractivity contribution in [2.24, 2.45) is 0 Å². The summed E-state index contributed by atoms with van der Waals surface area (Å²) in [5, 5.41) is 8.66. The van der Waals surface area contributed by atoms with Crippen LogP contribution in [0.4, 0.5) is 0 Å². The van der Waals surface area contributed by atoms with Gasteiger partial charge in [0.2, 0.25) is 0 Å². The molecule has 0 bridgehead atoms. The summed E-state index contributed by atoms with van der Waals surface area (Å²) in [5.41, 5.74) is 2.33. The van der Waals surface area contributed by atoms with E-state index in [2.05, 4.69) is 31.2 Å². The number of nitrogens with one attached hydrogen (secondary N) is 1. The molecule has 2 heterocycles. The summed E-state index contributed by atoms with van der Waals surface area (Å²) < 4.78 is 7.86. The van der Waals surface area contributed by atoms with Gasteiger partial charge in [-0.1, -0.05) is 18.2 Å². The molecule has 136 valence electrons. The van der Waals surface area contributed by atoms with Gasteiger partial charge in [0.1, 0.15) is 17.0 Å². The number of rotatable bonds is 4. The number of hydrogen-bond donors (Lipinski definition) is 1. The van der Waals surface area contributed by atoms with E-state index >= 15 is 0 Å². The molecule has 1 N–H and O–H groups in total. The molecule has 5 nitrogen and oxygen atoms in total. The number of benzene rings is 1. The summed E-state index contributed by atoms with van der Waals surface area (Å²) in [6.07, 6.45) is 2.36. The minimum atomic E-state index is -0.223. The van der Waals surface area contributed by atoms with Crippen molar-refractivity contribution >= 4 is 16.9 Å². The van der Waals surface area contributed by atoms with Crippen LogP contribution in [0.25, 0.3) is 11.0 Å². The second kappa shape index (κ2) is 6.01. The summed E-state index contributed by atoms with van der Waals surface area (Å²) in [6.45, 7) is 8.28. The van der Waals surface area contributed by atoms with Crippen molar-refractivity contribution in [3.05, 3.63) is 53.5 Å². The van der Waals surface area contributed by atoms with E-state index in [1.165, 1.54) is 18.5 Å². The highest BCUT2D eigenvalue weighted by Gasteiger charge is 2.32. The van der Waals surface area contributed by atoms with Gasteiger partial charge in [0, 0.05) is 17.0 Å². The number of furan rings is 1. The largest absolute Gasteiger partial charge is 0.459 e. The van der Waals surface area contributed by atoms with Crippen LogP contribution in [0.5, 0.6) is 0 Å². The van der Waals surface area contributed by atoms with Crippen LogP contribution >= 0.6 is 0 Å². The standard InChI is InChI=1S/C21H25N3O2/c1-13(19-11-15-7-5-6-8-18(15)26-19)22-20(25)16-12-17(14-9-10-14)24(23-16)21(2,3)4/h5-8,11-14H,9-10H2,1-4H3,(H,22,25)/t13-/m1/s1. The molecule has 1 atom stereocenters. The molecule has 1 aliphatic rings. The Morgan fingerprint density at radius 2 is 2.00 bits per heavy atom. The first kappa shape index (κ1) is 16.9. The average Bonchev–Trinajstić information content (AvgIpc) is 3.17. The lowest BCUT2D eigenvalue weighted by atomic mass is 10.1. The number of carbonyl (C=O) groups excluding carboxylic acids is 1. The van der Waals surface area contributed by atoms with Crippen molar-refractivity contribution in [2.45, 2.75) is 58.0 Å². The zero-order valence-corrected chi connectivity index (χ0v) is 15.7. The predicted molar refractivity (Wildman–Crippen MR) is 101 cm³/mol. The lowest BCUT2D eigenvalue weighted by molar-refractivity contribution is 0.0929. The molecule has 0 spiro atoms. The summed E-state index contributed by atoms with van der Waals surface area (Å²) in [5.74, 6) is 1.12. The first-order valence-corrected chi connectivity index (χ1v) is 9.23. The van der Waals surface area contributed by atoms with Gasteiger partial charge >= 0.3 is 0 Å². The van der Waals surface area contributed by atoms with Gasteiger partial charge in [0.25, 0.3) is 5.91 Å². The Bertz CT molecular complexity index is 924. The fraction of sp³-hybridized carbons (Fsp3) is 0.429. The Labute approximate surface area is 153 Å². The first-order valence-electron chi connectivity index (χ1n) is 9.23.